The summed E-state index contributed by atoms with van der Waals surface area (Å²) in [4.78, 5) is 10.6. The number of nitrogens with zero attached hydrogens (tertiary/aromatic N) is 4. The van der Waals surface area contributed by atoms with Crippen molar-refractivity contribution in [3.63, 3.8) is 0 Å². The number of hydrogen-bond donors (Lipinski definition) is 2. The smallest absolute Gasteiger partial charge is 0.238 e. The molecule has 0 atom stereocenters. The SMILES string of the molecule is Nc1nc2c3c(ccn3n1)C(c1ccc(O)cc1F)=Nc1sc(C3CC3)cc1-2. The summed E-state index contributed by atoms with van der Waals surface area (Å²) in [5, 5.41) is 14.7. The van der Waals surface area contributed by atoms with Gasteiger partial charge in [-0.05, 0) is 43.0 Å². The van der Waals surface area contributed by atoms with E-state index in [9.17, 15) is 9.50 Å². The molecular weight excluding hydrogens is 377 g/mol. The number of rotatable bonds is 2. The number of benzene rings is 1. The highest BCUT2D eigenvalue weighted by Crippen LogP contribution is 2.51. The van der Waals surface area contributed by atoms with Crippen molar-refractivity contribution in [1.29, 1.82) is 0 Å². The largest absolute Gasteiger partial charge is 0.508 e. The normalized spacial score (nSPS) is 15.4. The molecule has 6 rings (SSSR count). The Labute approximate surface area is 162 Å². The molecule has 1 fully saturated rings. The lowest BCUT2D eigenvalue weighted by Crippen LogP contribution is -2.07. The van der Waals surface area contributed by atoms with E-state index < -0.39 is 5.82 Å². The average Bonchev–Trinajstić information content (AvgIpc) is 3.32. The van der Waals surface area contributed by atoms with E-state index >= 15 is 0 Å². The van der Waals surface area contributed by atoms with Crippen LogP contribution in [0.3, 0.4) is 0 Å². The molecule has 28 heavy (non-hydrogen) atoms. The Hall–Kier alpha value is -3.26. The lowest BCUT2D eigenvalue weighted by molar-refractivity contribution is 0.469. The zero-order chi connectivity index (χ0) is 19.0. The molecule has 1 aliphatic heterocycles. The van der Waals surface area contributed by atoms with E-state index in [0.717, 1.165) is 27.7 Å². The van der Waals surface area contributed by atoms with Crippen LogP contribution in [0.15, 0.2) is 41.5 Å². The summed E-state index contributed by atoms with van der Waals surface area (Å²) in [6.45, 7) is 0. The van der Waals surface area contributed by atoms with Gasteiger partial charge in [0.2, 0.25) is 5.95 Å². The number of nitrogen functional groups attached to an aromatic ring is 1. The van der Waals surface area contributed by atoms with E-state index in [0.29, 0.717) is 22.9 Å². The van der Waals surface area contributed by atoms with E-state index in [4.69, 9.17) is 10.7 Å². The second kappa shape index (κ2) is 5.39. The van der Waals surface area contributed by atoms with Gasteiger partial charge in [-0.2, -0.15) is 0 Å². The molecular formula is C20H14FN5OS. The van der Waals surface area contributed by atoms with Crippen LogP contribution in [0.1, 0.15) is 34.8 Å². The van der Waals surface area contributed by atoms with E-state index in [1.165, 1.54) is 23.8 Å². The Morgan fingerprint density at radius 2 is 2.00 bits per heavy atom. The lowest BCUT2D eigenvalue weighted by Gasteiger charge is -2.07. The van der Waals surface area contributed by atoms with E-state index in [-0.39, 0.29) is 11.7 Å². The molecule has 0 radical (unpaired) electrons. The van der Waals surface area contributed by atoms with Crippen LogP contribution < -0.4 is 5.73 Å². The number of aliphatic imine (C=N–C) groups is 1. The van der Waals surface area contributed by atoms with Gasteiger partial charge in [-0.1, -0.05) is 0 Å². The highest BCUT2D eigenvalue weighted by Gasteiger charge is 2.31. The van der Waals surface area contributed by atoms with Crippen LogP contribution in [0.25, 0.3) is 16.8 Å². The third-order valence-electron chi connectivity index (χ3n) is 5.17. The zero-order valence-electron chi connectivity index (χ0n) is 14.6. The van der Waals surface area contributed by atoms with Gasteiger partial charge in [-0.15, -0.1) is 16.4 Å². The van der Waals surface area contributed by atoms with Crippen LogP contribution in [0.2, 0.25) is 0 Å². The number of hydrogen-bond acceptors (Lipinski definition) is 6. The summed E-state index contributed by atoms with van der Waals surface area (Å²) >= 11 is 1.62. The molecule has 0 unspecified atom stereocenters. The van der Waals surface area contributed by atoms with Crippen LogP contribution >= 0.6 is 11.3 Å². The molecule has 4 aromatic rings. The van der Waals surface area contributed by atoms with Crippen molar-refractivity contribution in [3.05, 3.63) is 58.3 Å². The third kappa shape index (κ3) is 2.21. The summed E-state index contributed by atoms with van der Waals surface area (Å²) < 4.78 is 16.4. The molecule has 1 aliphatic carbocycles. The first-order valence-corrected chi connectivity index (χ1v) is 9.77. The van der Waals surface area contributed by atoms with E-state index in [1.54, 1.807) is 28.1 Å². The molecule has 0 amide bonds. The maximum atomic E-state index is 14.7. The molecule has 0 bridgehead atoms. The van der Waals surface area contributed by atoms with Gasteiger partial charge in [0, 0.05) is 33.8 Å². The van der Waals surface area contributed by atoms with Crippen LogP contribution in [-0.4, -0.2) is 25.4 Å². The first kappa shape index (κ1) is 15.8. The highest BCUT2D eigenvalue weighted by atomic mass is 32.1. The number of aromatic hydroxyl groups is 1. The van der Waals surface area contributed by atoms with Gasteiger partial charge in [-0.25, -0.2) is 18.9 Å². The highest BCUT2D eigenvalue weighted by molar-refractivity contribution is 7.16. The van der Waals surface area contributed by atoms with Crippen molar-refractivity contribution < 1.29 is 9.50 Å². The van der Waals surface area contributed by atoms with Gasteiger partial charge in [0.25, 0.3) is 0 Å². The molecule has 3 N–H and O–H groups in total. The Bertz CT molecular complexity index is 1320. The average molecular weight is 391 g/mol. The van der Waals surface area contributed by atoms with Crippen molar-refractivity contribution >= 4 is 33.5 Å². The molecule has 1 saturated carbocycles. The minimum atomic E-state index is -0.529. The predicted octanol–water partition coefficient (Wildman–Crippen LogP) is 4.24. The fourth-order valence-electron chi connectivity index (χ4n) is 3.71. The molecule has 3 aromatic heterocycles. The molecule has 6 nitrogen and oxygen atoms in total. The number of aromatic nitrogens is 3. The second-order valence-electron chi connectivity index (χ2n) is 7.11. The summed E-state index contributed by atoms with van der Waals surface area (Å²) in [7, 11) is 0. The summed E-state index contributed by atoms with van der Waals surface area (Å²) in [5.41, 5.74) is 9.86. The maximum absolute atomic E-state index is 14.7. The quantitative estimate of drug-likeness (QED) is 0.471. The lowest BCUT2D eigenvalue weighted by atomic mass is 10.0. The van der Waals surface area contributed by atoms with Gasteiger partial charge < -0.3 is 10.8 Å². The van der Waals surface area contributed by atoms with Gasteiger partial charge in [0.1, 0.15) is 27.8 Å². The maximum Gasteiger partial charge on any atom is 0.238 e. The number of anilines is 1. The second-order valence-corrected chi connectivity index (χ2v) is 8.17. The summed E-state index contributed by atoms with van der Waals surface area (Å²) in [5.74, 6) is 0.0942. The first-order chi connectivity index (χ1) is 13.6. The molecule has 8 heteroatoms. The van der Waals surface area contributed by atoms with Gasteiger partial charge in [0.05, 0.1) is 5.71 Å². The fourth-order valence-corrected chi connectivity index (χ4v) is 4.91. The van der Waals surface area contributed by atoms with Gasteiger partial charge in [-0.3, -0.25) is 0 Å². The standard InChI is InChI=1S/C20H14FN5OS/c21-14-7-10(27)3-4-11(14)16-12-5-6-26-18(12)17(24-20(22)25-26)13-8-15(9-1-2-9)28-19(13)23-16/h3-9,27H,1-2H2,(H2,22,25). The topological polar surface area (TPSA) is 88.8 Å². The van der Waals surface area contributed by atoms with Crippen LogP contribution in [0.5, 0.6) is 5.75 Å². The van der Waals surface area contributed by atoms with Crippen molar-refractivity contribution in [2.24, 2.45) is 4.99 Å². The van der Waals surface area contributed by atoms with Crippen molar-refractivity contribution in [2.45, 2.75) is 18.8 Å². The number of nitrogens with two attached hydrogens (primary N) is 1. The van der Waals surface area contributed by atoms with Crippen LogP contribution in [0, 0.1) is 5.82 Å². The molecule has 0 spiro atoms. The van der Waals surface area contributed by atoms with Crippen molar-refractivity contribution in [2.75, 3.05) is 5.73 Å². The zero-order valence-corrected chi connectivity index (χ0v) is 15.4. The number of halogens is 1. The molecule has 138 valence electrons. The summed E-state index contributed by atoms with van der Waals surface area (Å²) in [6, 6.07) is 8.09. The Kier molecular flexibility index (Phi) is 3.03. The van der Waals surface area contributed by atoms with Gasteiger partial charge in [0.15, 0.2) is 0 Å². The number of fused-ring (bicyclic) bond motifs is 2. The molecule has 2 aliphatic rings. The summed E-state index contributed by atoms with van der Waals surface area (Å²) in [6.07, 6.45) is 4.14. The van der Waals surface area contributed by atoms with Gasteiger partial charge >= 0.3 is 0 Å². The van der Waals surface area contributed by atoms with Crippen molar-refractivity contribution in [1.82, 2.24) is 14.6 Å². The molecule has 0 saturated heterocycles. The Morgan fingerprint density at radius 3 is 2.79 bits per heavy atom. The third-order valence-corrected chi connectivity index (χ3v) is 6.36. The number of phenols is 1. The number of thiophene rings is 1. The minimum absolute atomic E-state index is 0.123. The Balaban J connectivity index is 1.71. The van der Waals surface area contributed by atoms with E-state index in [1.807, 2.05) is 6.07 Å². The first-order valence-electron chi connectivity index (χ1n) is 8.95. The predicted molar refractivity (Wildman–Crippen MR) is 106 cm³/mol. The number of phenolic OH excluding ortho intramolecular Hbond substituents is 1. The van der Waals surface area contributed by atoms with E-state index in [2.05, 4.69) is 16.1 Å². The molecule has 4 heterocycles. The molecule has 1 aromatic carbocycles. The monoisotopic (exact) mass is 391 g/mol. The Morgan fingerprint density at radius 1 is 1.14 bits per heavy atom. The van der Waals surface area contributed by atoms with Crippen molar-refractivity contribution in [3.8, 4) is 17.0 Å². The minimum Gasteiger partial charge on any atom is -0.508 e. The fraction of sp³-hybridized carbons (Fsp3) is 0.150. The van der Waals surface area contributed by atoms with Crippen LogP contribution in [0.4, 0.5) is 15.3 Å². The van der Waals surface area contributed by atoms with Crippen LogP contribution in [-0.2, 0) is 0 Å².